The van der Waals surface area contributed by atoms with Crippen LogP contribution in [0.15, 0.2) is 22.9 Å². The Hall–Kier alpha value is -1.97. The van der Waals surface area contributed by atoms with Crippen LogP contribution in [0.3, 0.4) is 0 Å². The summed E-state index contributed by atoms with van der Waals surface area (Å²) in [6.45, 7) is 5.22. The van der Waals surface area contributed by atoms with E-state index in [4.69, 9.17) is 0 Å². The predicted octanol–water partition coefficient (Wildman–Crippen LogP) is 2.31. The number of thiazole rings is 1. The van der Waals surface area contributed by atoms with Crippen LogP contribution in [-0.2, 0) is 17.8 Å². The van der Waals surface area contributed by atoms with E-state index in [1.807, 2.05) is 16.7 Å². The quantitative estimate of drug-likeness (QED) is 0.722. The number of likely N-dealkylation sites (tertiary alicyclic amines) is 1. The molecule has 0 bridgehead atoms. The van der Waals surface area contributed by atoms with Crippen molar-refractivity contribution in [2.75, 3.05) is 37.6 Å². The van der Waals surface area contributed by atoms with E-state index in [2.05, 4.69) is 38.0 Å². The van der Waals surface area contributed by atoms with E-state index < -0.39 is 0 Å². The molecule has 2 fully saturated rings. The normalized spacial score (nSPS) is 18.4. The predicted molar refractivity (Wildman–Crippen MR) is 112 cm³/mol. The fourth-order valence-corrected chi connectivity index (χ4v) is 5.21. The summed E-state index contributed by atoms with van der Waals surface area (Å²) >= 11 is 3.22. The molecule has 4 rings (SSSR count). The average molecular weight is 420 g/mol. The number of hydrogen-bond donors (Lipinski definition) is 2. The molecule has 2 aliphatic rings. The number of carbonyl (C=O) groups excluding carboxylic acids is 2. The van der Waals surface area contributed by atoms with Crippen LogP contribution in [-0.4, -0.2) is 54.5 Å². The number of nitrogens with one attached hydrogen (secondary N) is 2. The van der Waals surface area contributed by atoms with Gasteiger partial charge in [0.1, 0.15) is 0 Å². The Kier molecular flexibility index (Phi) is 6.23. The summed E-state index contributed by atoms with van der Waals surface area (Å²) in [7, 11) is 0. The lowest BCUT2D eigenvalue weighted by Gasteiger charge is -2.31. The van der Waals surface area contributed by atoms with E-state index in [0.717, 1.165) is 44.7 Å². The Morgan fingerprint density at radius 1 is 1.29 bits per heavy atom. The van der Waals surface area contributed by atoms with Crippen molar-refractivity contribution in [2.45, 2.75) is 25.8 Å². The number of thiophene rings is 1. The van der Waals surface area contributed by atoms with Gasteiger partial charge in [0.15, 0.2) is 5.13 Å². The smallest absolute Gasteiger partial charge is 0.323 e. The Morgan fingerprint density at radius 2 is 2.14 bits per heavy atom. The molecule has 2 aromatic heterocycles. The van der Waals surface area contributed by atoms with Crippen LogP contribution in [0.25, 0.3) is 0 Å². The monoisotopic (exact) mass is 419 g/mol. The maximum atomic E-state index is 12.3. The van der Waals surface area contributed by atoms with Gasteiger partial charge in [-0.1, -0.05) is 6.07 Å². The maximum absolute atomic E-state index is 12.3. The summed E-state index contributed by atoms with van der Waals surface area (Å²) < 4.78 is 0. The number of nitrogens with zero attached hydrogens (tertiary/aromatic N) is 3. The molecular weight excluding hydrogens is 394 g/mol. The number of rotatable bonds is 7. The van der Waals surface area contributed by atoms with Crippen LogP contribution >= 0.6 is 22.7 Å². The summed E-state index contributed by atoms with van der Waals surface area (Å²) in [5, 5.41) is 10.5. The molecule has 0 aliphatic carbocycles. The second-order valence-electron chi connectivity index (χ2n) is 7.28. The van der Waals surface area contributed by atoms with Crippen molar-refractivity contribution >= 4 is 39.7 Å². The number of amides is 3. The molecule has 0 atom stereocenters. The Balaban J connectivity index is 1.17. The molecule has 2 N–H and O–H groups in total. The van der Waals surface area contributed by atoms with Crippen molar-refractivity contribution in [2.24, 2.45) is 5.92 Å². The third-order valence-electron chi connectivity index (χ3n) is 5.22. The minimum Gasteiger partial charge on any atom is -0.355 e. The maximum Gasteiger partial charge on any atom is 0.323 e. The fraction of sp³-hybridized carbons (Fsp3) is 0.526. The Labute approximate surface area is 172 Å². The molecule has 2 aliphatic heterocycles. The van der Waals surface area contributed by atoms with Crippen molar-refractivity contribution < 1.29 is 9.59 Å². The van der Waals surface area contributed by atoms with Crippen molar-refractivity contribution in [3.63, 3.8) is 0 Å². The molecule has 0 unspecified atom stereocenters. The lowest BCUT2D eigenvalue weighted by molar-refractivity contribution is -0.120. The number of carbonyl (C=O) groups is 2. The van der Waals surface area contributed by atoms with Gasteiger partial charge in [-0.25, -0.2) is 9.78 Å². The second kappa shape index (κ2) is 9.02. The highest BCUT2D eigenvalue weighted by Gasteiger charge is 2.24. The number of aromatic nitrogens is 1. The number of anilines is 1. The largest absolute Gasteiger partial charge is 0.355 e. The molecule has 3 amide bonds. The highest BCUT2D eigenvalue weighted by atomic mass is 32.1. The van der Waals surface area contributed by atoms with Crippen LogP contribution < -0.4 is 15.5 Å². The highest BCUT2D eigenvalue weighted by molar-refractivity contribution is 7.14. The van der Waals surface area contributed by atoms with E-state index in [9.17, 15) is 9.59 Å². The average Bonchev–Trinajstić information content (AvgIpc) is 3.44. The van der Waals surface area contributed by atoms with Crippen LogP contribution in [0, 0.1) is 5.92 Å². The molecule has 7 nitrogen and oxygen atoms in total. The molecule has 150 valence electrons. The second-order valence-corrected chi connectivity index (χ2v) is 9.15. The van der Waals surface area contributed by atoms with Crippen LogP contribution in [0.1, 0.15) is 23.4 Å². The molecule has 2 saturated heterocycles. The summed E-state index contributed by atoms with van der Waals surface area (Å²) in [4.78, 5) is 33.9. The molecule has 0 saturated carbocycles. The standard InChI is InChI=1S/C19H25N5O2S2/c25-17(10-15-13-28-19(22-15)24-8-5-20-18(24)26)21-11-14-3-6-23(7-4-14)12-16-2-1-9-27-16/h1-2,9,13-14H,3-8,10-12H2,(H,20,26)(H,21,25). The zero-order chi connectivity index (χ0) is 19.3. The first-order valence-corrected chi connectivity index (χ1v) is 11.4. The SMILES string of the molecule is O=C(Cc1csc(N2CCNC2=O)n1)NCC1CCN(Cc2cccs2)CC1. The van der Waals surface area contributed by atoms with E-state index in [-0.39, 0.29) is 18.4 Å². The molecule has 0 spiro atoms. The summed E-state index contributed by atoms with van der Waals surface area (Å²) in [6.07, 6.45) is 2.51. The summed E-state index contributed by atoms with van der Waals surface area (Å²) in [5.41, 5.74) is 0.725. The zero-order valence-electron chi connectivity index (χ0n) is 15.7. The molecule has 0 aromatic carbocycles. The van der Waals surface area contributed by atoms with Gasteiger partial charge in [-0.05, 0) is 43.3 Å². The zero-order valence-corrected chi connectivity index (χ0v) is 17.4. The van der Waals surface area contributed by atoms with E-state index in [0.29, 0.717) is 24.1 Å². The molecule has 2 aromatic rings. The van der Waals surface area contributed by atoms with Crippen molar-refractivity contribution in [1.82, 2.24) is 20.5 Å². The van der Waals surface area contributed by atoms with Crippen LogP contribution in [0.2, 0.25) is 0 Å². The number of hydrogen-bond acceptors (Lipinski definition) is 6. The first-order chi connectivity index (χ1) is 13.7. The number of piperidine rings is 1. The molecular formula is C19H25N5O2S2. The molecule has 9 heteroatoms. The number of urea groups is 1. The van der Waals surface area contributed by atoms with Crippen molar-refractivity contribution in [1.29, 1.82) is 0 Å². The Bertz CT molecular complexity index is 799. The van der Waals surface area contributed by atoms with E-state index in [1.165, 1.54) is 16.2 Å². The van der Waals surface area contributed by atoms with Gasteiger partial charge >= 0.3 is 6.03 Å². The van der Waals surface area contributed by atoms with Crippen LogP contribution in [0.4, 0.5) is 9.93 Å². The first kappa shape index (κ1) is 19.4. The van der Waals surface area contributed by atoms with Crippen molar-refractivity contribution in [3.05, 3.63) is 33.5 Å². The van der Waals surface area contributed by atoms with Gasteiger partial charge < -0.3 is 10.6 Å². The minimum absolute atomic E-state index is 0.00346. The molecule has 4 heterocycles. The lowest BCUT2D eigenvalue weighted by atomic mass is 9.96. The van der Waals surface area contributed by atoms with Gasteiger partial charge in [0.2, 0.25) is 5.91 Å². The van der Waals surface area contributed by atoms with Gasteiger partial charge in [0.05, 0.1) is 12.1 Å². The van der Waals surface area contributed by atoms with Gasteiger partial charge in [-0.2, -0.15) is 0 Å². The first-order valence-electron chi connectivity index (χ1n) is 9.68. The van der Waals surface area contributed by atoms with Crippen LogP contribution in [0.5, 0.6) is 0 Å². The summed E-state index contributed by atoms with van der Waals surface area (Å²) in [6, 6.07) is 4.18. The van der Waals surface area contributed by atoms with Crippen molar-refractivity contribution in [3.8, 4) is 0 Å². The fourth-order valence-electron chi connectivity index (χ4n) is 3.61. The van der Waals surface area contributed by atoms with Gasteiger partial charge in [0, 0.05) is 36.4 Å². The van der Waals surface area contributed by atoms with E-state index in [1.54, 1.807) is 4.90 Å². The highest BCUT2D eigenvalue weighted by Crippen LogP contribution is 2.23. The molecule has 0 radical (unpaired) electrons. The third kappa shape index (κ3) is 4.89. The summed E-state index contributed by atoms with van der Waals surface area (Å²) in [5.74, 6) is 0.548. The third-order valence-corrected chi connectivity index (χ3v) is 7.00. The molecule has 28 heavy (non-hydrogen) atoms. The minimum atomic E-state index is -0.115. The Morgan fingerprint density at radius 3 is 2.86 bits per heavy atom. The lowest BCUT2D eigenvalue weighted by Crippen LogP contribution is -2.38. The van der Waals surface area contributed by atoms with Gasteiger partial charge in [-0.15, -0.1) is 22.7 Å². The van der Waals surface area contributed by atoms with E-state index >= 15 is 0 Å². The van der Waals surface area contributed by atoms with Gasteiger partial charge in [0.25, 0.3) is 0 Å². The van der Waals surface area contributed by atoms with Gasteiger partial charge in [-0.3, -0.25) is 14.6 Å². The topological polar surface area (TPSA) is 77.6 Å².